The fraction of sp³-hybridized carbons (Fsp3) is 0.333. The Morgan fingerprint density at radius 2 is 2.22 bits per heavy atom. The summed E-state index contributed by atoms with van der Waals surface area (Å²) in [6.45, 7) is 1.60. The molecule has 2 amide bonds. The van der Waals surface area contributed by atoms with Crippen LogP contribution < -0.4 is 5.32 Å². The van der Waals surface area contributed by atoms with Gasteiger partial charge in [-0.2, -0.15) is 0 Å². The van der Waals surface area contributed by atoms with E-state index in [4.69, 9.17) is 11.6 Å². The van der Waals surface area contributed by atoms with Crippen LogP contribution in [0.15, 0.2) is 18.2 Å². The van der Waals surface area contributed by atoms with Crippen molar-refractivity contribution in [2.75, 3.05) is 6.54 Å². The highest BCUT2D eigenvalue weighted by Gasteiger charge is 2.31. The average molecular weight is 271 g/mol. The van der Waals surface area contributed by atoms with Gasteiger partial charge in [-0.05, 0) is 13.0 Å². The third-order valence-corrected chi connectivity index (χ3v) is 3.25. The van der Waals surface area contributed by atoms with Crippen molar-refractivity contribution in [1.29, 1.82) is 0 Å². The highest BCUT2D eigenvalue weighted by atomic mass is 35.5. The minimum atomic E-state index is -0.607. The number of nitrogens with zero attached hydrogens (tertiary/aromatic N) is 1. The van der Waals surface area contributed by atoms with E-state index in [2.05, 4.69) is 5.32 Å². The van der Waals surface area contributed by atoms with Crippen LogP contribution in [-0.4, -0.2) is 29.3 Å². The van der Waals surface area contributed by atoms with Gasteiger partial charge in [0.2, 0.25) is 11.8 Å². The van der Waals surface area contributed by atoms with Crippen LogP contribution in [-0.2, 0) is 16.1 Å². The molecule has 1 aliphatic heterocycles. The maximum atomic E-state index is 13.7. The van der Waals surface area contributed by atoms with Crippen molar-refractivity contribution in [3.63, 3.8) is 0 Å². The number of carbonyl (C=O) groups is 2. The van der Waals surface area contributed by atoms with E-state index in [1.807, 2.05) is 0 Å². The summed E-state index contributed by atoms with van der Waals surface area (Å²) in [7, 11) is 0. The fourth-order valence-corrected chi connectivity index (χ4v) is 2.04. The molecule has 1 unspecified atom stereocenters. The molecule has 18 heavy (non-hydrogen) atoms. The Balaban J connectivity index is 2.24. The molecular weight excluding hydrogens is 259 g/mol. The topological polar surface area (TPSA) is 49.4 Å². The van der Waals surface area contributed by atoms with Crippen LogP contribution in [0.3, 0.4) is 0 Å². The molecule has 1 aliphatic rings. The summed E-state index contributed by atoms with van der Waals surface area (Å²) in [5, 5.41) is 2.48. The van der Waals surface area contributed by atoms with Crippen LogP contribution in [0.2, 0.25) is 5.02 Å². The molecule has 0 saturated carbocycles. The first kappa shape index (κ1) is 12.8. The van der Waals surface area contributed by atoms with Gasteiger partial charge in [-0.25, -0.2) is 4.39 Å². The Morgan fingerprint density at radius 1 is 1.50 bits per heavy atom. The van der Waals surface area contributed by atoms with E-state index >= 15 is 0 Å². The van der Waals surface area contributed by atoms with Crippen LogP contribution in [0.5, 0.6) is 0 Å². The number of piperazine rings is 1. The van der Waals surface area contributed by atoms with Crippen molar-refractivity contribution in [3.8, 4) is 0 Å². The molecule has 6 heteroatoms. The van der Waals surface area contributed by atoms with Crippen molar-refractivity contribution >= 4 is 23.4 Å². The first-order valence-electron chi connectivity index (χ1n) is 5.50. The van der Waals surface area contributed by atoms with Crippen molar-refractivity contribution in [3.05, 3.63) is 34.6 Å². The van der Waals surface area contributed by atoms with Crippen LogP contribution in [0, 0.1) is 5.82 Å². The largest absolute Gasteiger partial charge is 0.345 e. The first-order valence-corrected chi connectivity index (χ1v) is 5.88. The molecule has 1 N–H and O–H groups in total. The normalized spacial score (nSPS) is 19.9. The van der Waals surface area contributed by atoms with Crippen LogP contribution in [0.25, 0.3) is 0 Å². The van der Waals surface area contributed by atoms with Crippen LogP contribution in [0.1, 0.15) is 12.5 Å². The van der Waals surface area contributed by atoms with Gasteiger partial charge >= 0.3 is 0 Å². The Morgan fingerprint density at radius 3 is 2.94 bits per heavy atom. The van der Waals surface area contributed by atoms with E-state index in [0.29, 0.717) is 5.56 Å². The third-order valence-electron chi connectivity index (χ3n) is 2.95. The average Bonchev–Trinajstić information content (AvgIpc) is 2.35. The van der Waals surface area contributed by atoms with Gasteiger partial charge in [0, 0.05) is 12.1 Å². The maximum absolute atomic E-state index is 13.7. The van der Waals surface area contributed by atoms with Crippen molar-refractivity contribution in [2.45, 2.75) is 19.5 Å². The number of hydrogen-bond donors (Lipinski definition) is 1. The van der Waals surface area contributed by atoms with Gasteiger partial charge in [-0.1, -0.05) is 23.7 Å². The lowest BCUT2D eigenvalue weighted by atomic mass is 10.1. The van der Waals surface area contributed by atoms with E-state index in [1.165, 1.54) is 11.0 Å². The highest BCUT2D eigenvalue weighted by Crippen LogP contribution is 2.20. The van der Waals surface area contributed by atoms with Crippen molar-refractivity contribution in [1.82, 2.24) is 10.2 Å². The quantitative estimate of drug-likeness (QED) is 0.881. The monoisotopic (exact) mass is 270 g/mol. The number of halogens is 2. The van der Waals surface area contributed by atoms with Crippen molar-refractivity contribution < 1.29 is 14.0 Å². The number of rotatable bonds is 2. The van der Waals surface area contributed by atoms with Crippen LogP contribution >= 0.6 is 11.6 Å². The zero-order valence-corrected chi connectivity index (χ0v) is 10.5. The molecule has 0 aromatic heterocycles. The minimum absolute atomic E-state index is 0.00839. The lowest BCUT2D eigenvalue weighted by Gasteiger charge is -2.32. The van der Waals surface area contributed by atoms with E-state index < -0.39 is 11.9 Å². The van der Waals surface area contributed by atoms with Gasteiger partial charge in [-0.15, -0.1) is 0 Å². The third kappa shape index (κ3) is 2.31. The molecule has 1 heterocycles. The fourth-order valence-electron chi connectivity index (χ4n) is 1.85. The van der Waals surface area contributed by atoms with E-state index in [1.54, 1.807) is 19.1 Å². The summed E-state index contributed by atoms with van der Waals surface area (Å²) in [6.07, 6.45) is 0. The molecule has 96 valence electrons. The summed E-state index contributed by atoms with van der Waals surface area (Å²) in [6, 6.07) is 3.99. The predicted octanol–water partition coefficient (Wildman–Crippen LogP) is 1.33. The van der Waals surface area contributed by atoms with Gasteiger partial charge in [0.25, 0.3) is 0 Å². The lowest BCUT2D eigenvalue weighted by Crippen LogP contribution is -2.56. The number of benzene rings is 1. The Kier molecular flexibility index (Phi) is 3.52. The number of amides is 2. The van der Waals surface area contributed by atoms with Gasteiger partial charge < -0.3 is 10.2 Å². The number of carbonyl (C=O) groups excluding carboxylic acids is 2. The van der Waals surface area contributed by atoms with Gasteiger partial charge in [0.15, 0.2) is 0 Å². The van der Waals surface area contributed by atoms with E-state index in [-0.39, 0.29) is 29.9 Å². The molecule has 1 fully saturated rings. The maximum Gasteiger partial charge on any atom is 0.242 e. The molecule has 4 nitrogen and oxygen atoms in total. The SMILES string of the molecule is CC1C(=O)NCC(=O)N1Cc1cccc(Cl)c1F. The zero-order valence-electron chi connectivity index (χ0n) is 9.74. The smallest absolute Gasteiger partial charge is 0.242 e. The highest BCUT2D eigenvalue weighted by molar-refractivity contribution is 6.30. The van der Waals surface area contributed by atoms with E-state index in [0.717, 1.165) is 0 Å². The summed E-state index contributed by atoms with van der Waals surface area (Å²) in [4.78, 5) is 24.5. The predicted molar refractivity (Wildman–Crippen MR) is 64.4 cm³/mol. The Labute approximate surface area is 109 Å². The molecule has 1 saturated heterocycles. The van der Waals surface area contributed by atoms with Gasteiger partial charge in [0.05, 0.1) is 11.6 Å². The molecule has 1 aromatic carbocycles. The number of nitrogens with one attached hydrogen (secondary N) is 1. The van der Waals surface area contributed by atoms with Crippen molar-refractivity contribution in [2.24, 2.45) is 0 Å². The second-order valence-corrected chi connectivity index (χ2v) is 4.54. The second kappa shape index (κ2) is 4.94. The molecule has 2 rings (SSSR count). The molecule has 0 radical (unpaired) electrons. The van der Waals surface area contributed by atoms with Gasteiger partial charge in [-0.3, -0.25) is 9.59 Å². The lowest BCUT2D eigenvalue weighted by molar-refractivity contribution is -0.145. The molecule has 0 bridgehead atoms. The Bertz CT molecular complexity index is 507. The minimum Gasteiger partial charge on any atom is -0.345 e. The summed E-state index contributed by atoms with van der Waals surface area (Å²) >= 11 is 5.68. The summed E-state index contributed by atoms with van der Waals surface area (Å²) in [5.74, 6) is -1.02. The number of hydrogen-bond acceptors (Lipinski definition) is 2. The van der Waals surface area contributed by atoms with Crippen LogP contribution in [0.4, 0.5) is 4.39 Å². The molecule has 0 aliphatic carbocycles. The van der Waals surface area contributed by atoms with E-state index in [9.17, 15) is 14.0 Å². The second-order valence-electron chi connectivity index (χ2n) is 4.13. The zero-order chi connectivity index (χ0) is 13.3. The Hall–Kier alpha value is -1.62. The molecule has 0 spiro atoms. The molecule has 1 atom stereocenters. The molecular formula is C12H12ClFN2O2. The molecule has 1 aromatic rings. The summed E-state index contributed by atoms with van der Waals surface area (Å²) < 4.78 is 13.7. The van der Waals surface area contributed by atoms with Gasteiger partial charge in [0.1, 0.15) is 11.9 Å². The first-order chi connectivity index (χ1) is 8.50. The summed E-state index contributed by atoms with van der Waals surface area (Å²) in [5.41, 5.74) is 0.303. The standard InChI is InChI=1S/C12H12ClFN2O2/c1-7-12(18)15-5-10(17)16(7)6-8-3-2-4-9(13)11(8)14/h2-4,7H,5-6H2,1H3,(H,15,18).